The lowest BCUT2D eigenvalue weighted by Crippen LogP contribution is -2.23. The molecule has 0 saturated carbocycles. The summed E-state index contributed by atoms with van der Waals surface area (Å²) in [5.74, 6) is -0.555. The first-order chi connectivity index (χ1) is 8.87. The Hall–Kier alpha value is -1.75. The predicted molar refractivity (Wildman–Crippen MR) is 71.5 cm³/mol. The van der Waals surface area contributed by atoms with Gasteiger partial charge in [0.05, 0.1) is 17.3 Å². The molecular formula is C14H19NO4. The van der Waals surface area contributed by atoms with Crippen LogP contribution in [-0.2, 0) is 4.74 Å². The highest BCUT2D eigenvalue weighted by molar-refractivity contribution is 5.94. The molecule has 1 aromatic carbocycles. The lowest BCUT2D eigenvalue weighted by atomic mass is 10.1. The van der Waals surface area contributed by atoms with Crippen molar-refractivity contribution in [2.75, 3.05) is 12.3 Å². The van der Waals surface area contributed by atoms with E-state index >= 15 is 0 Å². The first kappa shape index (κ1) is 13.7. The lowest BCUT2D eigenvalue weighted by Gasteiger charge is -2.19. The van der Waals surface area contributed by atoms with Gasteiger partial charge in [-0.2, -0.15) is 0 Å². The summed E-state index contributed by atoms with van der Waals surface area (Å²) in [4.78, 5) is 11.0. The third-order valence-corrected chi connectivity index (χ3v) is 3.25. The van der Waals surface area contributed by atoms with Crippen LogP contribution >= 0.6 is 0 Å². The van der Waals surface area contributed by atoms with Gasteiger partial charge in [-0.1, -0.05) is 0 Å². The number of hydrogen-bond acceptors (Lipinski definition) is 4. The fraction of sp³-hybridized carbons (Fsp3) is 0.500. The van der Waals surface area contributed by atoms with E-state index in [1.807, 2.05) is 0 Å². The van der Waals surface area contributed by atoms with Gasteiger partial charge in [0, 0.05) is 5.69 Å². The molecule has 19 heavy (non-hydrogen) atoms. The van der Waals surface area contributed by atoms with Crippen molar-refractivity contribution in [3.8, 4) is 5.75 Å². The van der Waals surface area contributed by atoms with Crippen LogP contribution < -0.4 is 10.5 Å². The van der Waals surface area contributed by atoms with Gasteiger partial charge in [0.15, 0.2) is 0 Å². The van der Waals surface area contributed by atoms with Crippen molar-refractivity contribution in [2.45, 2.75) is 38.4 Å². The molecule has 5 nitrogen and oxygen atoms in total. The van der Waals surface area contributed by atoms with Gasteiger partial charge in [-0.25, -0.2) is 4.79 Å². The zero-order chi connectivity index (χ0) is 14.0. The van der Waals surface area contributed by atoms with E-state index in [4.69, 9.17) is 20.3 Å². The summed E-state index contributed by atoms with van der Waals surface area (Å²) >= 11 is 0. The molecule has 104 valence electrons. The smallest absolute Gasteiger partial charge is 0.337 e. The number of anilines is 1. The number of benzene rings is 1. The molecule has 0 aromatic heterocycles. The van der Waals surface area contributed by atoms with Crippen molar-refractivity contribution in [1.82, 2.24) is 0 Å². The Balaban J connectivity index is 1.97. The highest BCUT2D eigenvalue weighted by atomic mass is 16.6. The summed E-state index contributed by atoms with van der Waals surface area (Å²) in [6.07, 6.45) is 2.01. The van der Waals surface area contributed by atoms with Gasteiger partial charge in [-0.3, -0.25) is 0 Å². The van der Waals surface area contributed by atoms with Crippen LogP contribution in [0, 0.1) is 0 Å². The molecule has 1 atom stereocenters. The van der Waals surface area contributed by atoms with E-state index in [1.54, 1.807) is 6.07 Å². The summed E-state index contributed by atoms with van der Waals surface area (Å²) < 4.78 is 11.4. The average Bonchev–Trinajstić information content (AvgIpc) is 2.67. The third-order valence-electron chi connectivity index (χ3n) is 3.25. The number of carboxylic acids is 1. The molecular weight excluding hydrogens is 246 g/mol. The van der Waals surface area contributed by atoms with E-state index in [9.17, 15) is 4.79 Å². The molecule has 0 spiro atoms. The average molecular weight is 265 g/mol. The molecule has 5 heteroatoms. The second-order valence-electron chi connectivity index (χ2n) is 5.40. The molecule has 1 aliphatic rings. The van der Waals surface area contributed by atoms with Crippen LogP contribution in [0.2, 0.25) is 0 Å². The molecule has 0 radical (unpaired) electrons. The highest BCUT2D eigenvalue weighted by Gasteiger charge is 2.31. The van der Waals surface area contributed by atoms with Gasteiger partial charge in [0.25, 0.3) is 0 Å². The summed E-state index contributed by atoms with van der Waals surface area (Å²) in [7, 11) is 0. The molecule has 1 saturated heterocycles. The zero-order valence-corrected chi connectivity index (χ0v) is 11.2. The fourth-order valence-corrected chi connectivity index (χ4v) is 2.19. The second kappa shape index (κ2) is 5.09. The van der Waals surface area contributed by atoms with E-state index < -0.39 is 5.97 Å². The molecule has 1 heterocycles. The predicted octanol–water partition coefficient (Wildman–Crippen LogP) is 2.30. The largest absolute Gasteiger partial charge is 0.491 e. The van der Waals surface area contributed by atoms with Crippen LogP contribution in [-0.4, -0.2) is 29.4 Å². The first-order valence-corrected chi connectivity index (χ1v) is 6.31. The van der Waals surface area contributed by atoms with Crippen molar-refractivity contribution >= 4 is 11.7 Å². The number of hydrogen-bond donors (Lipinski definition) is 2. The molecule has 3 N–H and O–H groups in total. The molecule has 1 fully saturated rings. The minimum absolute atomic E-state index is 0.0563. The van der Waals surface area contributed by atoms with E-state index in [1.165, 1.54) is 12.1 Å². The van der Waals surface area contributed by atoms with E-state index in [0.717, 1.165) is 12.8 Å². The summed E-state index contributed by atoms with van der Waals surface area (Å²) in [6.45, 7) is 4.53. The number of carboxylic acid groups (broad SMARTS) is 1. The van der Waals surface area contributed by atoms with Gasteiger partial charge < -0.3 is 20.3 Å². The molecule has 1 aliphatic heterocycles. The molecule has 1 aromatic rings. The van der Waals surface area contributed by atoms with E-state index in [2.05, 4.69) is 13.8 Å². The molecule has 0 bridgehead atoms. The summed E-state index contributed by atoms with van der Waals surface area (Å²) in [5.41, 5.74) is 5.78. The zero-order valence-electron chi connectivity index (χ0n) is 11.2. The fourth-order valence-electron chi connectivity index (χ4n) is 2.19. The third kappa shape index (κ3) is 3.38. The Morgan fingerprint density at radius 3 is 2.89 bits per heavy atom. The van der Waals surface area contributed by atoms with Crippen LogP contribution in [0.4, 0.5) is 5.69 Å². The maximum absolute atomic E-state index is 11.0. The quantitative estimate of drug-likeness (QED) is 0.816. The minimum Gasteiger partial charge on any atom is -0.491 e. The van der Waals surface area contributed by atoms with Crippen LogP contribution in [0.1, 0.15) is 37.0 Å². The minimum atomic E-state index is -1.05. The molecule has 1 unspecified atom stereocenters. The Bertz CT molecular complexity index is 484. The van der Waals surface area contributed by atoms with Crippen molar-refractivity contribution in [1.29, 1.82) is 0 Å². The van der Waals surface area contributed by atoms with Crippen molar-refractivity contribution < 1.29 is 19.4 Å². The summed E-state index contributed by atoms with van der Waals surface area (Å²) in [6, 6.07) is 4.65. The van der Waals surface area contributed by atoms with Crippen LogP contribution in [0.15, 0.2) is 18.2 Å². The van der Waals surface area contributed by atoms with Gasteiger partial charge in [-0.15, -0.1) is 0 Å². The molecule has 0 aliphatic carbocycles. The van der Waals surface area contributed by atoms with Crippen molar-refractivity contribution in [2.24, 2.45) is 0 Å². The monoisotopic (exact) mass is 265 g/mol. The van der Waals surface area contributed by atoms with E-state index in [-0.39, 0.29) is 23.0 Å². The van der Waals surface area contributed by atoms with Crippen LogP contribution in [0.3, 0.4) is 0 Å². The standard InChI is InChI=1S/C14H19NO4/c1-14(2)6-5-10(19-14)8-18-9-3-4-12(15)11(7-9)13(16)17/h3-4,7,10H,5-6,8,15H2,1-2H3,(H,16,17). The van der Waals surface area contributed by atoms with E-state index in [0.29, 0.717) is 12.4 Å². The van der Waals surface area contributed by atoms with Gasteiger partial charge in [0.2, 0.25) is 0 Å². The lowest BCUT2D eigenvalue weighted by molar-refractivity contribution is -0.0326. The Kier molecular flexibility index (Phi) is 3.66. The van der Waals surface area contributed by atoms with Gasteiger partial charge >= 0.3 is 5.97 Å². The number of nitrogens with two attached hydrogens (primary N) is 1. The maximum Gasteiger partial charge on any atom is 0.337 e. The Labute approximate surface area is 112 Å². The Morgan fingerprint density at radius 1 is 1.58 bits per heavy atom. The van der Waals surface area contributed by atoms with Crippen molar-refractivity contribution in [3.63, 3.8) is 0 Å². The number of carbonyl (C=O) groups is 1. The topological polar surface area (TPSA) is 81.8 Å². The Morgan fingerprint density at radius 2 is 2.32 bits per heavy atom. The summed E-state index contributed by atoms with van der Waals surface area (Å²) in [5, 5.41) is 8.98. The van der Waals surface area contributed by atoms with Crippen LogP contribution in [0.5, 0.6) is 5.75 Å². The second-order valence-corrected chi connectivity index (χ2v) is 5.40. The number of aromatic carboxylic acids is 1. The van der Waals surface area contributed by atoms with Crippen LogP contribution in [0.25, 0.3) is 0 Å². The van der Waals surface area contributed by atoms with Gasteiger partial charge in [0.1, 0.15) is 12.4 Å². The number of rotatable bonds is 4. The number of ether oxygens (including phenoxy) is 2. The number of nitrogen functional groups attached to an aromatic ring is 1. The highest BCUT2D eigenvalue weighted by Crippen LogP contribution is 2.30. The van der Waals surface area contributed by atoms with Gasteiger partial charge in [-0.05, 0) is 44.9 Å². The molecule has 0 amide bonds. The molecule has 2 rings (SSSR count). The van der Waals surface area contributed by atoms with Crippen molar-refractivity contribution in [3.05, 3.63) is 23.8 Å². The SMILES string of the molecule is CC1(C)CCC(COc2ccc(N)c(C(=O)O)c2)O1. The maximum atomic E-state index is 11.0. The first-order valence-electron chi connectivity index (χ1n) is 6.31. The normalized spacial score (nSPS) is 21.3.